The maximum Gasteiger partial charge on any atom is 0.191 e. The van der Waals surface area contributed by atoms with Crippen molar-refractivity contribution < 1.29 is 13.2 Å². The fraction of sp³-hybridized carbons (Fsp3) is 0.611. The van der Waals surface area contributed by atoms with Gasteiger partial charge in [0.15, 0.2) is 5.96 Å². The van der Waals surface area contributed by atoms with Crippen LogP contribution in [0.4, 0.5) is 0 Å². The molecule has 1 rings (SSSR count). The number of sulfone groups is 1. The van der Waals surface area contributed by atoms with Crippen molar-refractivity contribution in [2.24, 2.45) is 4.99 Å². The number of hydrogen-bond donors (Lipinski definition) is 2. The number of aliphatic imine (C=N–C) groups is 1. The molecule has 0 heterocycles. The Kier molecular flexibility index (Phi) is 9.34. The van der Waals surface area contributed by atoms with Crippen LogP contribution in [0.2, 0.25) is 0 Å². The van der Waals surface area contributed by atoms with E-state index in [1.165, 1.54) is 11.8 Å². The van der Waals surface area contributed by atoms with Crippen molar-refractivity contribution in [3.05, 3.63) is 29.8 Å². The Morgan fingerprint density at radius 3 is 2.56 bits per heavy atom. The van der Waals surface area contributed by atoms with Crippen molar-refractivity contribution in [2.45, 2.75) is 39.7 Å². The van der Waals surface area contributed by atoms with Gasteiger partial charge >= 0.3 is 0 Å². The zero-order valence-corrected chi connectivity index (χ0v) is 16.5. The van der Waals surface area contributed by atoms with E-state index in [0.717, 1.165) is 18.7 Å². The summed E-state index contributed by atoms with van der Waals surface area (Å²) in [6, 6.07) is 8.02. The lowest BCUT2D eigenvalue weighted by Gasteiger charge is -2.17. The summed E-state index contributed by atoms with van der Waals surface area (Å²) in [6.07, 6.45) is 2.62. The number of benzene rings is 1. The van der Waals surface area contributed by atoms with E-state index in [0.29, 0.717) is 25.5 Å². The van der Waals surface area contributed by atoms with Crippen molar-refractivity contribution in [1.29, 1.82) is 0 Å². The molecule has 0 aliphatic heterocycles. The third kappa shape index (κ3) is 10.7. The molecular weight excluding hydrogens is 338 g/mol. The summed E-state index contributed by atoms with van der Waals surface area (Å²) in [6.45, 7) is 8.00. The van der Waals surface area contributed by atoms with Gasteiger partial charge in [0, 0.05) is 31.8 Å². The van der Waals surface area contributed by atoms with Crippen molar-refractivity contribution in [2.75, 3.05) is 31.7 Å². The van der Waals surface area contributed by atoms with Crippen LogP contribution in [0.25, 0.3) is 0 Å². The first-order valence-corrected chi connectivity index (χ1v) is 10.8. The number of rotatable bonds is 10. The van der Waals surface area contributed by atoms with E-state index in [1.807, 2.05) is 45.0 Å². The second-order valence-electron chi connectivity index (χ2n) is 6.24. The van der Waals surface area contributed by atoms with Crippen molar-refractivity contribution >= 4 is 15.8 Å². The summed E-state index contributed by atoms with van der Waals surface area (Å²) in [5, 5.41) is 6.41. The molecule has 0 bridgehead atoms. The summed E-state index contributed by atoms with van der Waals surface area (Å²) >= 11 is 0. The van der Waals surface area contributed by atoms with Gasteiger partial charge in [0.25, 0.3) is 0 Å². The lowest BCUT2D eigenvalue weighted by Crippen LogP contribution is -2.43. The van der Waals surface area contributed by atoms with Gasteiger partial charge in [0.05, 0.1) is 12.4 Å². The van der Waals surface area contributed by atoms with Gasteiger partial charge in [0.2, 0.25) is 0 Å². The predicted molar refractivity (Wildman–Crippen MR) is 104 cm³/mol. The fourth-order valence-corrected chi connectivity index (χ4v) is 2.88. The van der Waals surface area contributed by atoms with Crippen LogP contribution in [0.3, 0.4) is 0 Å². The van der Waals surface area contributed by atoms with E-state index in [-0.39, 0.29) is 11.8 Å². The molecule has 142 valence electrons. The molecule has 1 atom stereocenters. The van der Waals surface area contributed by atoms with Gasteiger partial charge in [-0.2, -0.15) is 0 Å². The maximum absolute atomic E-state index is 11.2. The summed E-state index contributed by atoms with van der Waals surface area (Å²) in [4.78, 5) is 4.51. The second-order valence-corrected chi connectivity index (χ2v) is 8.50. The largest absolute Gasteiger partial charge is 0.494 e. The van der Waals surface area contributed by atoms with E-state index < -0.39 is 9.84 Å². The Balaban J connectivity index is 2.35. The van der Waals surface area contributed by atoms with Crippen LogP contribution in [0.15, 0.2) is 29.3 Å². The number of aryl methyl sites for hydroxylation is 1. The summed E-state index contributed by atoms with van der Waals surface area (Å²) in [5.41, 5.74) is 1.21. The Morgan fingerprint density at radius 1 is 1.28 bits per heavy atom. The van der Waals surface area contributed by atoms with Gasteiger partial charge in [-0.15, -0.1) is 0 Å². The molecule has 0 amide bonds. The number of guanidine groups is 1. The van der Waals surface area contributed by atoms with Gasteiger partial charge in [-0.25, -0.2) is 8.42 Å². The highest BCUT2D eigenvalue weighted by molar-refractivity contribution is 7.90. The molecule has 2 N–H and O–H groups in total. The zero-order chi connectivity index (χ0) is 18.7. The average Bonchev–Trinajstić information content (AvgIpc) is 2.54. The summed E-state index contributed by atoms with van der Waals surface area (Å²) in [7, 11) is -2.94. The third-order valence-corrected chi connectivity index (χ3v) is 4.49. The molecular formula is C18H31N3O3S. The molecule has 1 aromatic rings. The first-order valence-electron chi connectivity index (χ1n) is 8.72. The second kappa shape index (κ2) is 11.0. The highest BCUT2D eigenvalue weighted by Gasteiger charge is 2.09. The molecule has 0 radical (unpaired) electrons. The highest BCUT2D eigenvalue weighted by atomic mass is 32.2. The van der Waals surface area contributed by atoms with E-state index in [1.54, 1.807) is 0 Å². The molecule has 25 heavy (non-hydrogen) atoms. The Labute approximate surface area is 152 Å². The lowest BCUT2D eigenvalue weighted by molar-refractivity contribution is 0.313. The highest BCUT2D eigenvalue weighted by Crippen LogP contribution is 2.11. The van der Waals surface area contributed by atoms with E-state index in [2.05, 4.69) is 15.6 Å². The first kappa shape index (κ1) is 21.3. The summed E-state index contributed by atoms with van der Waals surface area (Å²) < 4.78 is 28.2. The number of hydrogen-bond acceptors (Lipinski definition) is 4. The SMILES string of the molecule is CCNC(=NCCCOc1ccc(C)cc1)NC(C)CCS(C)(=O)=O. The number of nitrogens with zero attached hydrogens (tertiary/aromatic N) is 1. The van der Waals surface area contributed by atoms with Gasteiger partial charge in [0.1, 0.15) is 15.6 Å². The zero-order valence-electron chi connectivity index (χ0n) is 15.7. The van der Waals surface area contributed by atoms with Crippen LogP contribution in [0.5, 0.6) is 5.75 Å². The minimum atomic E-state index is -2.94. The van der Waals surface area contributed by atoms with Crippen molar-refractivity contribution in [3.8, 4) is 5.75 Å². The summed E-state index contributed by atoms with van der Waals surface area (Å²) in [5.74, 6) is 1.75. The van der Waals surface area contributed by atoms with Gasteiger partial charge in [-0.3, -0.25) is 4.99 Å². The van der Waals surface area contributed by atoms with Crippen LogP contribution in [-0.4, -0.2) is 52.1 Å². The first-order chi connectivity index (χ1) is 11.8. The number of nitrogens with one attached hydrogen (secondary N) is 2. The van der Waals surface area contributed by atoms with Gasteiger partial charge in [-0.05, 0) is 39.3 Å². The van der Waals surface area contributed by atoms with Crippen molar-refractivity contribution in [1.82, 2.24) is 10.6 Å². The Morgan fingerprint density at radius 2 is 1.96 bits per heavy atom. The molecule has 7 heteroatoms. The quantitative estimate of drug-likeness (QED) is 0.375. The maximum atomic E-state index is 11.2. The normalized spacial score (nSPS) is 13.4. The van der Waals surface area contributed by atoms with Crippen molar-refractivity contribution in [3.63, 3.8) is 0 Å². The van der Waals surface area contributed by atoms with E-state index >= 15 is 0 Å². The minimum Gasteiger partial charge on any atom is -0.494 e. The topological polar surface area (TPSA) is 79.8 Å². The molecule has 0 fully saturated rings. The van der Waals surface area contributed by atoms with E-state index in [9.17, 15) is 8.42 Å². The standard InChI is InChI=1S/C18H31N3O3S/c1-5-19-18(21-16(3)11-14-25(4,22)23)20-12-6-13-24-17-9-7-15(2)8-10-17/h7-10,16H,5-6,11-14H2,1-4H3,(H2,19,20,21). The fourth-order valence-electron chi connectivity index (χ4n) is 2.10. The molecule has 0 aromatic heterocycles. The van der Waals surface area contributed by atoms with Gasteiger partial charge < -0.3 is 15.4 Å². The average molecular weight is 370 g/mol. The van der Waals surface area contributed by atoms with Crippen LogP contribution >= 0.6 is 0 Å². The minimum absolute atomic E-state index is 0.0383. The number of ether oxygens (including phenoxy) is 1. The molecule has 0 aliphatic carbocycles. The predicted octanol–water partition coefficient (Wildman–Crippen LogP) is 2.14. The molecule has 6 nitrogen and oxygen atoms in total. The molecule has 0 saturated heterocycles. The van der Waals surface area contributed by atoms with E-state index in [4.69, 9.17) is 4.74 Å². The molecule has 0 aliphatic rings. The van der Waals surface area contributed by atoms with Crippen LogP contribution in [0.1, 0.15) is 32.3 Å². The molecule has 1 unspecified atom stereocenters. The Bertz CT molecular complexity index is 627. The van der Waals surface area contributed by atoms with Crippen LogP contribution < -0.4 is 15.4 Å². The lowest BCUT2D eigenvalue weighted by atomic mass is 10.2. The molecule has 0 spiro atoms. The van der Waals surface area contributed by atoms with Crippen LogP contribution in [-0.2, 0) is 9.84 Å². The smallest absolute Gasteiger partial charge is 0.191 e. The Hall–Kier alpha value is -1.76. The third-order valence-electron chi connectivity index (χ3n) is 3.51. The monoisotopic (exact) mass is 369 g/mol. The molecule has 1 aromatic carbocycles. The van der Waals surface area contributed by atoms with Crippen LogP contribution in [0, 0.1) is 6.92 Å². The van der Waals surface area contributed by atoms with Gasteiger partial charge in [-0.1, -0.05) is 17.7 Å². The molecule has 0 saturated carbocycles.